The third kappa shape index (κ3) is 1.24. The maximum Gasteiger partial charge on any atom is 0.360 e. The van der Waals surface area contributed by atoms with Gasteiger partial charge in [0, 0.05) is 6.07 Å². The molecule has 0 radical (unpaired) electrons. The van der Waals surface area contributed by atoms with Crippen LogP contribution in [0.15, 0.2) is 12.3 Å². The summed E-state index contributed by atoms with van der Waals surface area (Å²) in [6.45, 7) is 0. The third-order valence-electron chi connectivity index (χ3n) is 1.66. The number of hydrogen-bond donors (Lipinski definition) is 0. The molecule has 0 N–H and O–H groups in total. The van der Waals surface area contributed by atoms with Crippen LogP contribution in [0.1, 0.15) is 10.5 Å². The van der Waals surface area contributed by atoms with Crippen molar-refractivity contribution in [2.75, 3.05) is 7.11 Å². The molecule has 0 atom stereocenters. The molecule has 0 saturated carbocycles. The van der Waals surface area contributed by atoms with E-state index < -0.39 is 0 Å². The maximum atomic E-state index is 11.0. The molecule has 4 nitrogen and oxygen atoms in total. The second-order valence-corrected chi connectivity index (χ2v) is 2.29. The molecule has 11 heavy (non-hydrogen) atoms. The molecule has 0 aliphatic heterocycles. The minimum absolute atomic E-state index is 0.312. The first kappa shape index (κ1) is 7.78. The summed E-state index contributed by atoms with van der Waals surface area (Å²) in [6, 6.07) is 1.71. The molecule has 4 heteroatoms. The van der Waals surface area contributed by atoms with Gasteiger partial charge in [-0.3, -0.25) is 0 Å². The Balaban J connectivity index is 3.04. The zero-order chi connectivity index (χ0) is 8.43. The number of rotatable bonds is 1. The smallest absolute Gasteiger partial charge is 0.360 e. The lowest BCUT2D eigenvalue weighted by atomic mass is 10.4. The van der Waals surface area contributed by atoms with Crippen molar-refractivity contribution in [3.63, 3.8) is 0 Å². The van der Waals surface area contributed by atoms with Gasteiger partial charge in [0.25, 0.3) is 0 Å². The van der Waals surface area contributed by atoms with E-state index in [-0.39, 0.29) is 5.97 Å². The van der Waals surface area contributed by atoms with E-state index in [1.165, 1.54) is 7.11 Å². The molecule has 0 aliphatic carbocycles. The largest absolute Gasteiger partial charge is 0.464 e. The number of nitrogens with zero attached hydrogens (tertiary/aromatic N) is 2. The SMILES string of the molecule is COC(=O)c1cc[n+](C)n1C. The Morgan fingerprint density at radius 3 is 2.73 bits per heavy atom. The molecule has 1 rings (SSSR count). The predicted molar refractivity (Wildman–Crippen MR) is 37.9 cm³/mol. The van der Waals surface area contributed by atoms with E-state index >= 15 is 0 Å². The van der Waals surface area contributed by atoms with Crippen LogP contribution in [0.3, 0.4) is 0 Å². The summed E-state index contributed by atoms with van der Waals surface area (Å²) in [4.78, 5) is 11.0. The van der Waals surface area contributed by atoms with E-state index in [1.807, 2.05) is 7.05 Å². The summed E-state index contributed by atoms with van der Waals surface area (Å²) in [5, 5.41) is 0. The zero-order valence-electron chi connectivity index (χ0n) is 6.87. The predicted octanol–water partition coefficient (Wildman–Crippen LogP) is -0.364. The number of ether oxygens (including phenoxy) is 1. The fraction of sp³-hybridized carbons (Fsp3) is 0.429. The third-order valence-corrected chi connectivity index (χ3v) is 1.66. The average Bonchev–Trinajstić information content (AvgIpc) is 2.32. The lowest BCUT2D eigenvalue weighted by Gasteiger charge is -1.95. The van der Waals surface area contributed by atoms with Gasteiger partial charge in [0.1, 0.15) is 0 Å². The van der Waals surface area contributed by atoms with Crippen LogP contribution in [0.5, 0.6) is 0 Å². The molecule has 0 spiro atoms. The van der Waals surface area contributed by atoms with E-state index in [4.69, 9.17) is 0 Å². The van der Waals surface area contributed by atoms with Crippen molar-refractivity contribution in [3.8, 4) is 0 Å². The molecule has 1 aromatic heterocycles. The zero-order valence-corrected chi connectivity index (χ0v) is 6.87. The molecule has 60 valence electrons. The van der Waals surface area contributed by atoms with E-state index in [2.05, 4.69) is 4.74 Å². The first-order valence-electron chi connectivity index (χ1n) is 3.26. The number of aryl methyl sites for hydroxylation is 1. The second-order valence-electron chi connectivity index (χ2n) is 2.29. The molecule has 0 aromatic carbocycles. The number of carbonyl (C=O) groups is 1. The van der Waals surface area contributed by atoms with Gasteiger partial charge in [0.15, 0.2) is 18.9 Å². The van der Waals surface area contributed by atoms with Gasteiger partial charge in [0.05, 0.1) is 14.2 Å². The van der Waals surface area contributed by atoms with E-state index in [9.17, 15) is 4.79 Å². The van der Waals surface area contributed by atoms with Crippen molar-refractivity contribution in [2.24, 2.45) is 14.1 Å². The quantitative estimate of drug-likeness (QED) is 0.410. The van der Waals surface area contributed by atoms with Gasteiger partial charge in [-0.15, -0.1) is 9.36 Å². The standard InChI is InChI=1S/C7H11N2O2/c1-8-5-4-6(9(8)2)7(10)11-3/h4-5H,1-3H3/q+1. The van der Waals surface area contributed by atoms with Crippen molar-refractivity contribution >= 4 is 5.97 Å². The topological polar surface area (TPSA) is 35.1 Å². The highest BCUT2D eigenvalue weighted by molar-refractivity contribution is 5.86. The van der Waals surface area contributed by atoms with Crippen LogP contribution in [0.25, 0.3) is 0 Å². The highest BCUT2D eigenvalue weighted by Crippen LogP contribution is 1.95. The lowest BCUT2D eigenvalue weighted by molar-refractivity contribution is -0.751. The number of carbonyl (C=O) groups excluding carboxylic acids is 1. The van der Waals surface area contributed by atoms with Crippen molar-refractivity contribution in [3.05, 3.63) is 18.0 Å². The summed E-state index contributed by atoms with van der Waals surface area (Å²) < 4.78 is 8.07. The van der Waals surface area contributed by atoms with Crippen molar-refractivity contribution in [1.29, 1.82) is 0 Å². The molecular formula is C7H11N2O2+. The average molecular weight is 155 g/mol. The Kier molecular flexibility index (Phi) is 1.94. The van der Waals surface area contributed by atoms with Gasteiger partial charge < -0.3 is 4.74 Å². The summed E-state index contributed by atoms with van der Waals surface area (Å²) in [5.74, 6) is -0.312. The van der Waals surface area contributed by atoms with Crippen molar-refractivity contribution in [1.82, 2.24) is 4.68 Å². The highest BCUT2D eigenvalue weighted by atomic mass is 16.5. The lowest BCUT2D eigenvalue weighted by Crippen LogP contribution is -2.37. The molecule has 0 unspecified atom stereocenters. The van der Waals surface area contributed by atoms with Crippen LogP contribution in [0.4, 0.5) is 0 Å². The molecular weight excluding hydrogens is 144 g/mol. The second kappa shape index (κ2) is 2.74. The summed E-state index contributed by atoms with van der Waals surface area (Å²) in [7, 11) is 5.02. The summed E-state index contributed by atoms with van der Waals surface area (Å²) in [6.07, 6.45) is 1.80. The van der Waals surface area contributed by atoms with Crippen LogP contribution in [0, 0.1) is 0 Å². The van der Waals surface area contributed by atoms with Gasteiger partial charge >= 0.3 is 5.97 Å². The van der Waals surface area contributed by atoms with Gasteiger partial charge in [0.2, 0.25) is 0 Å². The normalized spacial score (nSPS) is 9.73. The number of hydrogen-bond acceptors (Lipinski definition) is 2. The number of aromatic nitrogens is 2. The first-order chi connectivity index (χ1) is 5.16. The Hall–Kier alpha value is -1.32. The molecule has 0 bridgehead atoms. The van der Waals surface area contributed by atoms with Crippen LogP contribution in [0.2, 0.25) is 0 Å². The molecule has 0 fully saturated rings. The Morgan fingerprint density at radius 2 is 2.36 bits per heavy atom. The molecule has 0 saturated heterocycles. The summed E-state index contributed by atoms with van der Waals surface area (Å²) >= 11 is 0. The van der Waals surface area contributed by atoms with Crippen molar-refractivity contribution in [2.45, 2.75) is 0 Å². The first-order valence-corrected chi connectivity index (χ1v) is 3.26. The number of methoxy groups -OCH3 is 1. The fourth-order valence-electron chi connectivity index (χ4n) is 0.861. The van der Waals surface area contributed by atoms with E-state index in [0.29, 0.717) is 5.69 Å². The number of esters is 1. The van der Waals surface area contributed by atoms with Crippen LogP contribution in [-0.2, 0) is 18.8 Å². The fourth-order valence-corrected chi connectivity index (χ4v) is 0.861. The van der Waals surface area contributed by atoms with Gasteiger partial charge in [-0.05, 0) is 0 Å². The monoisotopic (exact) mass is 155 g/mol. The molecule has 0 amide bonds. The molecule has 1 aromatic rings. The maximum absolute atomic E-state index is 11.0. The van der Waals surface area contributed by atoms with Crippen LogP contribution in [-0.4, -0.2) is 17.8 Å². The molecule has 1 heterocycles. The van der Waals surface area contributed by atoms with Crippen LogP contribution >= 0.6 is 0 Å². The Morgan fingerprint density at radius 1 is 1.73 bits per heavy atom. The highest BCUT2D eigenvalue weighted by Gasteiger charge is 2.14. The Labute approximate surface area is 65.0 Å². The van der Waals surface area contributed by atoms with Gasteiger partial charge in [-0.2, -0.15) is 0 Å². The van der Waals surface area contributed by atoms with E-state index in [0.717, 1.165) is 0 Å². The molecule has 0 aliphatic rings. The van der Waals surface area contributed by atoms with Crippen LogP contribution < -0.4 is 4.68 Å². The Bertz CT molecular complexity index is 278. The van der Waals surface area contributed by atoms with E-state index in [1.54, 1.807) is 28.7 Å². The van der Waals surface area contributed by atoms with Gasteiger partial charge in [-0.25, -0.2) is 4.79 Å². The minimum Gasteiger partial charge on any atom is -0.464 e. The van der Waals surface area contributed by atoms with Crippen molar-refractivity contribution < 1.29 is 14.2 Å². The van der Waals surface area contributed by atoms with Gasteiger partial charge in [-0.1, -0.05) is 0 Å². The minimum atomic E-state index is -0.312. The summed E-state index contributed by atoms with van der Waals surface area (Å²) in [5.41, 5.74) is 0.551.